The van der Waals surface area contributed by atoms with Crippen LogP contribution in [0.4, 0.5) is 5.69 Å². The summed E-state index contributed by atoms with van der Waals surface area (Å²) < 4.78 is 29.6. The van der Waals surface area contributed by atoms with Gasteiger partial charge in [0.05, 0.1) is 22.3 Å². The Labute approximate surface area is 207 Å². The van der Waals surface area contributed by atoms with Crippen LogP contribution in [0.2, 0.25) is 0 Å². The smallest absolute Gasteiger partial charge is 0.335 e. The van der Waals surface area contributed by atoms with Crippen molar-refractivity contribution >= 4 is 38.0 Å². The van der Waals surface area contributed by atoms with E-state index in [0.717, 1.165) is 17.2 Å². The molecule has 5 rings (SSSR count). The van der Waals surface area contributed by atoms with Gasteiger partial charge in [0.25, 0.3) is 10.0 Å². The summed E-state index contributed by atoms with van der Waals surface area (Å²) in [7, 11) is -4.22. The summed E-state index contributed by atoms with van der Waals surface area (Å²) >= 11 is 1.24. The summed E-state index contributed by atoms with van der Waals surface area (Å²) in [6.45, 7) is 0.337. The van der Waals surface area contributed by atoms with E-state index in [4.69, 9.17) is 10.8 Å². The molecule has 36 heavy (non-hydrogen) atoms. The lowest BCUT2D eigenvalue weighted by atomic mass is 10.1. The number of hydrogen-bond acceptors (Lipinski definition) is 10. The van der Waals surface area contributed by atoms with E-state index >= 15 is 0 Å². The van der Waals surface area contributed by atoms with E-state index in [1.165, 1.54) is 41.8 Å². The van der Waals surface area contributed by atoms with Crippen molar-refractivity contribution < 1.29 is 23.4 Å². The maximum absolute atomic E-state index is 12.8. The zero-order valence-electron chi connectivity index (χ0n) is 18.2. The first kappa shape index (κ1) is 23.3. The molecule has 0 radical (unpaired) electrons. The second-order valence-corrected chi connectivity index (χ2v) is 10.2. The van der Waals surface area contributed by atoms with E-state index in [-0.39, 0.29) is 16.1 Å². The molecular weight excluding hydrogens is 506 g/mol. The molecule has 0 unspecified atom stereocenters. The van der Waals surface area contributed by atoms with Crippen LogP contribution in [-0.2, 0) is 16.6 Å². The lowest BCUT2D eigenvalue weighted by Crippen LogP contribution is -2.14. The van der Waals surface area contributed by atoms with Crippen molar-refractivity contribution in [3.05, 3.63) is 72.3 Å². The van der Waals surface area contributed by atoms with Crippen molar-refractivity contribution in [3.63, 3.8) is 0 Å². The number of nitrogens with two attached hydrogens (primary N) is 1. The molecule has 0 bridgehead atoms. The third-order valence-electron chi connectivity index (χ3n) is 5.16. The fourth-order valence-corrected chi connectivity index (χ4v) is 5.35. The third-order valence-corrected chi connectivity index (χ3v) is 7.50. The van der Waals surface area contributed by atoms with Crippen molar-refractivity contribution in [3.8, 4) is 27.7 Å². The molecular formula is C22H17N7O5S2. The van der Waals surface area contributed by atoms with Gasteiger partial charge in [-0.3, -0.25) is 9.71 Å². The number of aromatic carboxylic acids is 1. The number of imidazole rings is 1. The number of fused-ring (bicyclic) bond motifs is 1. The van der Waals surface area contributed by atoms with Crippen LogP contribution < -0.4 is 10.5 Å². The zero-order valence-corrected chi connectivity index (χ0v) is 19.9. The maximum Gasteiger partial charge on any atom is 0.335 e. The van der Waals surface area contributed by atoms with Crippen molar-refractivity contribution in [1.29, 1.82) is 0 Å². The van der Waals surface area contributed by atoms with Gasteiger partial charge in [-0.2, -0.15) is 5.10 Å². The Morgan fingerprint density at radius 3 is 2.69 bits per heavy atom. The number of anilines is 1. The fraction of sp³-hybridized carbons (Fsp3) is 0.0455. The number of carboxylic acid groups (broad SMARTS) is 1. The average molecular weight is 524 g/mol. The van der Waals surface area contributed by atoms with Crippen molar-refractivity contribution in [2.75, 3.05) is 4.72 Å². The minimum absolute atomic E-state index is 0.192. The molecule has 0 saturated heterocycles. The minimum atomic E-state index is -4.22. The summed E-state index contributed by atoms with van der Waals surface area (Å²) in [5.41, 5.74) is 8.09. The quantitative estimate of drug-likeness (QED) is 0.247. The van der Waals surface area contributed by atoms with Crippen LogP contribution in [0.3, 0.4) is 0 Å². The number of carbonyl (C=O) groups is 1. The number of nitrogens with one attached hydrogen (secondary N) is 1. The topological polar surface area (TPSA) is 186 Å². The summed E-state index contributed by atoms with van der Waals surface area (Å²) in [5.74, 6) is -1.82. The summed E-state index contributed by atoms with van der Waals surface area (Å²) in [4.78, 5) is 24.0. The standard InChI is InChI=1S/C22H17N7O5S2/c23-7-12-4-14(9-24-8-12)18-11-26-22-29(18)27-20(35-22)15-6-17(19(30)25-10-15)28-36(33,34)16-3-1-2-13(5-16)21(31)32/h1-6,8-11,28H,7,23H2,(H,25,30)(H,31,32). The molecule has 4 aromatic heterocycles. The van der Waals surface area contributed by atoms with E-state index in [9.17, 15) is 18.3 Å². The van der Waals surface area contributed by atoms with Gasteiger partial charge in [-0.1, -0.05) is 17.4 Å². The number of rotatable bonds is 7. The average Bonchev–Trinajstić information content (AvgIpc) is 3.46. The van der Waals surface area contributed by atoms with Crippen LogP contribution in [0.25, 0.3) is 26.8 Å². The van der Waals surface area contributed by atoms with E-state index in [0.29, 0.717) is 27.8 Å². The van der Waals surface area contributed by atoms with Gasteiger partial charge in [-0.15, -0.1) is 0 Å². The molecule has 0 fully saturated rings. The highest BCUT2D eigenvalue weighted by Gasteiger charge is 2.20. The van der Waals surface area contributed by atoms with Gasteiger partial charge in [-0.25, -0.2) is 27.7 Å². The molecule has 14 heteroatoms. The van der Waals surface area contributed by atoms with Crippen LogP contribution in [0.1, 0.15) is 15.9 Å². The van der Waals surface area contributed by atoms with E-state index in [1.54, 1.807) is 23.1 Å². The lowest BCUT2D eigenvalue weighted by Gasteiger charge is -2.10. The molecule has 0 saturated carbocycles. The molecule has 0 aliphatic heterocycles. The Balaban J connectivity index is 1.49. The van der Waals surface area contributed by atoms with E-state index in [2.05, 4.69) is 24.8 Å². The van der Waals surface area contributed by atoms with Crippen LogP contribution in [0.15, 0.2) is 66.1 Å². The number of pyridine rings is 2. The number of benzene rings is 1. The molecule has 12 nitrogen and oxygen atoms in total. The van der Waals surface area contributed by atoms with Gasteiger partial charge in [-0.05, 0) is 35.9 Å². The molecule has 0 atom stereocenters. The Hall–Kier alpha value is -4.40. The summed E-state index contributed by atoms with van der Waals surface area (Å²) in [5, 5.41) is 24.4. The molecule has 0 amide bonds. The zero-order chi connectivity index (χ0) is 25.4. The van der Waals surface area contributed by atoms with Gasteiger partial charge in [0.15, 0.2) is 0 Å². The van der Waals surface area contributed by atoms with E-state index < -0.39 is 21.9 Å². The molecule has 4 heterocycles. The first-order chi connectivity index (χ1) is 17.2. The number of hydrogen-bond donors (Lipinski definition) is 4. The number of carboxylic acids is 1. The van der Waals surface area contributed by atoms with Gasteiger partial charge in [0.2, 0.25) is 10.8 Å². The third kappa shape index (κ3) is 4.35. The Morgan fingerprint density at radius 2 is 1.92 bits per heavy atom. The molecule has 5 N–H and O–H groups in total. The van der Waals surface area contributed by atoms with Crippen LogP contribution >= 0.6 is 11.3 Å². The van der Waals surface area contributed by atoms with Crippen molar-refractivity contribution in [2.24, 2.45) is 5.73 Å². The largest absolute Gasteiger partial charge is 0.492 e. The SMILES string of the molecule is NCc1cncc(-c2cnc3sc(-c4cnc(O)c(NS(=O)(=O)c5cccc(C(=O)O)c5)c4)nn23)c1. The highest BCUT2D eigenvalue weighted by molar-refractivity contribution is 7.92. The summed E-state index contributed by atoms with van der Waals surface area (Å²) in [6.07, 6.45) is 6.37. The second kappa shape index (κ2) is 8.99. The van der Waals surface area contributed by atoms with Crippen LogP contribution in [0.5, 0.6) is 5.88 Å². The number of aromatic nitrogens is 5. The van der Waals surface area contributed by atoms with E-state index in [1.807, 2.05) is 6.07 Å². The number of aromatic hydroxyl groups is 1. The van der Waals surface area contributed by atoms with Crippen LogP contribution in [-0.4, -0.2) is 49.2 Å². The Kier molecular flexibility index (Phi) is 5.83. The van der Waals surface area contributed by atoms with Gasteiger partial charge in [0.1, 0.15) is 10.7 Å². The Bertz CT molecular complexity index is 1730. The van der Waals surface area contributed by atoms with Crippen molar-refractivity contribution in [1.82, 2.24) is 24.6 Å². The monoisotopic (exact) mass is 523 g/mol. The van der Waals surface area contributed by atoms with Crippen LogP contribution in [0, 0.1) is 0 Å². The normalized spacial score (nSPS) is 11.6. The first-order valence-electron chi connectivity index (χ1n) is 10.3. The van der Waals surface area contributed by atoms with Gasteiger partial charge in [0, 0.05) is 36.3 Å². The highest BCUT2D eigenvalue weighted by Crippen LogP contribution is 2.33. The molecule has 0 spiro atoms. The fourth-order valence-electron chi connectivity index (χ4n) is 3.40. The van der Waals surface area contributed by atoms with Gasteiger partial charge < -0.3 is 15.9 Å². The predicted molar refractivity (Wildman–Crippen MR) is 131 cm³/mol. The second-order valence-electron chi connectivity index (χ2n) is 7.56. The molecule has 0 aliphatic rings. The van der Waals surface area contributed by atoms with Gasteiger partial charge >= 0.3 is 5.97 Å². The minimum Gasteiger partial charge on any atom is -0.492 e. The summed E-state index contributed by atoms with van der Waals surface area (Å²) in [6, 6.07) is 8.13. The first-order valence-corrected chi connectivity index (χ1v) is 12.6. The molecule has 1 aromatic carbocycles. The maximum atomic E-state index is 12.8. The molecule has 182 valence electrons. The lowest BCUT2D eigenvalue weighted by molar-refractivity contribution is 0.0696. The molecule has 0 aliphatic carbocycles. The number of sulfonamides is 1. The highest BCUT2D eigenvalue weighted by atomic mass is 32.2. The Morgan fingerprint density at radius 1 is 1.08 bits per heavy atom. The van der Waals surface area contributed by atoms with Crippen molar-refractivity contribution in [2.45, 2.75) is 11.4 Å². The molecule has 5 aromatic rings. The predicted octanol–water partition coefficient (Wildman–Crippen LogP) is 2.58. The number of nitrogens with zero attached hydrogens (tertiary/aromatic N) is 5.